The van der Waals surface area contributed by atoms with Gasteiger partial charge in [0.25, 0.3) is 6.01 Å². The largest absolute Gasteiger partial charge is 0.497 e. The number of benzene rings is 2. The number of carbonyl (C=O) groups excluding carboxylic acids is 4. The van der Waals surface area contributed by atoms with E-state index in [4.69, 9.17) is 19.2 Å². The van der Waals surface area contributed by atoms with Gasteiger partial charge in [-0.25, -0.2) is 4.72 Å². The molecular weight excluding hydrogens is 775 g/mol. The first-order chi connectivity index (χ1) is 27.8. The van der Waals surface area contributed by atoms with Crippen LogP contribution in [0, 0.1) is 17.3 Å². The molecule has 15 heteroatoms. The topological polar surface area (TPSA) is 166 Å². The summed E-state index contributed by atoms with van der Waals surface area (Å²) in [6, 6.07) is 12.9. The first kappa shape index (κ1) is 43.8. The van der Waals surface area contributed by atoms with E-state index in [1.54, 1.807) is 27.9 Å². The Balaban J connectivity index is 1.37. The number of Topliss-reactive ketones (excluding diaryl/α,β-unsaturated/α-hetero) is 1. The predicted molar refractivity (Wildman–Crippen MR) is 224 cm³/mol. The van der Waals surface area contributed by atoms with Crippen molar-refractivity contribution >= 4 is 44.8 Å². The van der Waals surface area contributed by atoms with Crippen molar-refractivity contribution in [2.75, 3.05) is 27.7 Å². The number of nitrogens with zero attached hydrogens (tertiary/aromatic N) is 4. The lowest BCUT2D eigenvalue weighted by atomic mass is 9.90. The molecule has 6 rings (SSSR count). The molecule has 2 fully saturated rings. The third kappa shape index (κ3) is 9.83. The van der Waals surface area contributed by atoms with Crippen molar-refractivity contribution in [2.45, 2.75) is 116 Å². The number of nitrogens with one attached hydrogen (secondary N) is 1. The third-order valence-corrected chi connectivity index (χ3v) is 12.9. The van der Waals surface area contributed by atoms with E-state index in [9.17, 15) is 27.6 Å². The maximum Gasteiger partial charge on any atom is 0.307 e. The molecule has 2 aromatic carbocycles. The summed E-state index contributed by atoms with van der Waals surface area (Å²) < 4.78 is 48.6. The number of para-hydroxylation sites is 1. The van der Waals surface area contributed by atoms with E-state index >= 15 is 0 Å². The SMILES string of the molecule is COc1cccc(-c2cccc3c2nc(O[C@@H]2C[C@H]4C(=O)C[C@]5(C(=O)NS(=O)(=O)N(C)C)C[C@H]5/C=C\CCCCC[C@H](CC(=O)OC(C)(C)C)C(=O)N4C2)n3C(C)C)c1. The second-order valence-corrected chi connectivity index (χ2v) is 19.5. The van der Waals surface area contributed by atoms with Gasteiger partial charge in [-0.1, -0.05) is 49.3 Å². The zero-order valence-electron chi connectivity index (χ0n) is 35.5. The number of amides is 2. The highest BCUT2D eigenvalue weighted by atomic mass is 32.2. The van der Waals surface area contributed by atoms with E-state index in [1.165, 1.54) is 19.0 Å². The molecule has 2 amide bonds. The minimum Gasteiger partial charge on any atom is -0.497 e. The quantitative estimate of drug-likeness (QED) is 0.179. The summed E-state index contributed by atoms with van der Waals surface area (Å²) in [5.41, 5.74) is 1.31. The maximum atomic E-state index is 14.8. The van der Waals surface area contributed by atoms with Gasteiger partial charge in [0.1, 0.15) is 23.0 Å². The summed E-state index contributed by atoms with van der Waals surface area (Å²) in [7, 11) is 0.127. The number of esters is 1. The Morgan fingerprint density at radius 1 is 1.07 bits per heavy atom. The van der Waals surface area contributed by atoms with Crippen molar-refractivity contribution in [1.82, 2.24) is 23.5 Å². The van der Waals surface area contributed by atoms with Crippen LogP contribution in [0.4, 0.5) is 0 Å². The Kier molecular flexibility index (Phi) is 13.0. The highest BCUT2D eigenvalue weighted by Gasteiger charge is 2.61. The highest BCUT2D eigenvalue weighted by Crippen LogP contribution is 2.57. The van der Waals surface area contributed by atoms with Gasteiger partial charge in [-0.05, 0) is 90.0 Å². The van der Waals surface area contributed by atoms with Crippen LogP contribution in [0.1, 0.15) is 98.4 Å². The number of hydrogen-bond acceptors (Lipinski definition) is 10. The van der Waals surface area contributed by atoms with E-state index < -0.39 is 51.2 Å². The molecule has 3 aliphatic rings. The number of methoxy groups -OCH3 is 1. The Hall–Kier alpha value is -4.76. The van der Waals surface area contributed by atoms with Crippen LogP contribution in [0.25, 0.3) is 22.2 Å². The second-order valence-electron chi connectivity index (χ2n) is 17.6. The first-order valence-electron chi connectivity index (χ1n) is 20.6. The van der Waals surface area contributed by atoms with Gasteiger partial charge in [0.05, 0.1) is 37.0 Å². The molecule has 5 atom stereocenters. The van der Waals surface area contributed by atoms with Crippen LogP contribution in [0.2, 0.25) is 0 Å². The zero-order chi connectivity index (χ0) is 42.9. The van der Waals surface area contributed by atoms with E-state index in [-0.39, 0.29) is 49.5 Å². The second kappa shape index (κ2) is 17.5. The van der Waals surface area contributed by atoms with Crippen LogP contribution >= 0.6 is 0 Å². The average Bonchev–Trinajstić information content (AvgIpc) is 3.48. The van der Waals surface area contributed by atoms with Crippen LogP contribution < -0.4 is 14.2 Å². The molecule has 1 aromatic heterocycles. The maximum absolute atomic E-state index is 14.8. The number of carbonyl (C=O) groups is 4. The molecule has 1 saturated heterocycles. The number of hydrogen-bond donors (Lipinski definition) is 1. The minimum absolute atomic E-state index is 0.0433. The third-order valence-electron chi connectivity index (χ3n) is 11.5. The molecule has 0 unspecified atom stereocenters. The van der Waals surface area contributed by atoms with Gasteiger partial charge in [-0.2, -0.15) is 17.7 Å². The number of fused-ring (bicyclic) bond motifs is 3. The van der Waals surface area contributed by atoms with E-state index in [0.717, 1.165) is 45.7 Å². The van der Waals surface area contributed by atoms with Crippen LogP contribution in [0.15, 0.2) is 54.6 Å². The van der Waals surface area contributed by atoms with Gasteiger partial charge in [0.2, 0.25) is 11.8 Å². The molecule has 320 valence electrons. The molecule has 0 spiro atoms. The summed E-state index contributed by atoms with van der Waals surface area (Å²) in [5.74, 6) is -2.36. The van der Waals surface area contributed by atoms with E-state index in [2.05, 4.69) is 4.72 Å². The molecule has 3 aromatic rings. The lowest BCUT2D eigenvalue weighted by Crippen LogP contribution is -2.47. The van der Waals surface area contributed by atoms with Gasteiger partial charge >= 0.3 is 16.2 Å². The normalized spacial score (nSPS) is 24.9. The molecule has 14 nitrogen and oxygen atoms in total. The molecule has 1 aliphatic carbocycles. The molecule has 1 saturated carbocycles. The molecule has 2 aliphatic heterocycles. The molecule has 1 N–H and O–H groups in total. The summed E-state index contributed by atoms with van der Waals surface area (Å²) in [4.78, 5) is 63.0. The Labute approximate surface area is 347 Å². The highest BCUT2D eigenvalue weighted by molar-refractivity contribution is 7.87. The molecule has 3 heterocycles. The van der Waals surface area contributed by atoms with Crippen molar-refractivity contribution < 1.29 is 41.8 Å². The number of rotatable bonds is 10. The molecular formula is C44H59N5O9S. The van der Waals surface area contributed by atoms with Crippen LogP contribution in [-0.4, -0.2) is 96.2 Å². The average molecular weight is 834 g/mol. The molecule has 59 heavy (non-hydrogen) atoms. The summed E-state index contributed by atoms with van der Waals surface area (Å²) in [5, 5.41) is 0. The smallest absolute Gasteiger partial charge is 0.307 e. The minimum atomic E-state index is -4.14. The standard InChI is InChI=1S/C44H59N5O9S/c1-28(2)49-35-21-15-20-34(29-17-14-19-32(22-29)56-8)39(35)45-42(49)57-33-24-36-37(50)26-44(41(53)46-59(54,55)47(6)7)25-31(44)18-13-11-9-10-12-16-30(40(52)48(36)27-33)23-38(51)58-43(3,4)5/h13-15,17-22,28,30-31,33,36H,9-12,16,23-27H2,1-8H3,(H,46,53)/b18-13-/t30-,31-,33-,36+,44-/m1/s1. The van der Waals surface area contributed by atoms with Crippen molar-refractivity contribution in [3.8, 4) is 22.9 Å². The Morgan fingerprint density at radius 3 is 2.51 bits per heavy atom. The van der Waals surface area contributed by atoms with Gasteiger partial charge in [-0.15, -0.1) is 0 Å². The summed E-state index contributed by atoms with van der Waals surface area (Å²) in [6.45, 7) is 9.43. The van der Waals surface area contributed by atoms with Crippen molar-refractivity contribution in [1.29, 1.82) is 0 Å². The number of ether oxygens (including phenoxy) is 3. The lowest BCUT2D eigenvalue weighted by molar-refractivity contribution is -0.159. The van der Waals surface area contributed by atoms with Gasteiger partial charge < -0.3 is 19.1 Å². The van der Waals surface area contributed by atoms with E-state index in [1.807, 2.05) is 73.0 Å². The lowest BCUT2D eigenvalue weighted by Gasteiger charge is -2.29. The van der Waals surface area contributed by atoms with E-state index in [0.29, 0.717) is 31.0 Å². The first-order valence-corrected chi connectivity index (χ1v) is 22.1. The number of ketones is 1. The fourth-order valence-corrected chi connectivity index (χ4v) is 8.99. The molecule has 0 bridgehead atoms. The van der Waals surface area contributed by atoms with Gasteiger partial charge in [0.15, 0.2) is 5.78 Å². The van der Waals surface area contributed by atoms with Gasteiger partial charge in [0, 0.05) is 44.5 Å². The fraction of sp³-hybridized carbons (Fsp3) is 0.568. The zero-order valence-corrected chi connectivity index (χ0v) is 36.3. The summed E-state index contributed by atoms with van der Waals surface area (Å²) in [6.07, 6.45) is 6.68. The predicted octanol–water partition coefficient (Wildman–Crippen LogP) is 6.40. The number of aromatic nitrogens is 2. The van der Waals surface area contributed by atoms with Crippen LogP contribution in [-0.2, 0) is 34.1 Å². The van der Waals surface area contributed by atoms with Crippen molar-refractivity contribution in [2.24, 2.45) is 17.3 Å². The Morgan fingerprint density at radius 2 is 1.81 bits per heavy atom. The Bertz CT molecular complexity index is 2210. The van der Waals surface area contributed by atoms with Gasteiger partial charge in [-0.3, -0.25) is 23.7 Å². The number of imidazole rings is 1. The summed E-state index contributed by atoms with van der Waals surface area (Å²) >= 11 is 0. The monoisotopic (exact) mass is 833 g/mol. The van der Waals surface area contributed by atoms with Crippen molar-refractivity contribution in [3.05, 3.63) is 54.6 Å². The van der Waals surface area contributed by atoms with Crippen LogP contribution in [0.3, 0.4) is 0 Å². The van der Waals surface area contributed by atoms with Crippen molar-refractivity contribution in [3.63, 3.8) is 0 Å². The number of allylic oxidation sites excluding steroid dienone is 2. The van der Waals surface area contributed by atoms with Crippen LogP contribution in [0.5, 0.6) is 11.8 Å². The molecule has 0 radical (unpaired) electrons. The fourth-order valence-electron chi connectivity index (χ4n) is 8.37.